The van der Waals surface area contributed by atoms with Gasteiger partial charge in [0.1, 0.15) is 11.3 Å². The Morgan fingerprint density at radius 2 is 1.88 bits per heavy atom. The molecule has 2 aromatic heterocycles. The summed E-state index contributed by atoms with van der Waals surface area (Å²) in [6, 6.07) is 14.6. The zero-order valence-electron chi connectivity index (χ0n) is 17.5. The number of furan rings is 1. The number of hydrogen-bond donors (Lipinski definition) is 0. The molecule has 0 saturated heterocycles. The molecule has 3 aliphatic rings. The second kappa shape index (κ2) is 7.44. The van der Waals surface area contributed by atoms with E-state index in [1.54, 1.807) is 0 Å². The molecule has 0 bridgehead atoms. The molecule has 0 fully saturated rings. The van der Waals surface area contributed by atoms with E-state index in [0.717, 1.165) is 46.3 Å². The molecule has 0 saturated carbocycles. The van der Waals surface area contributed by atoms with Crippen LogP contribution >= 0.6 is 23.4 Å². The highest BCUT2D eigenvalue weighted by Gasteiger charge is 2.32. The number of benzene rings is 2. The van der Waals surface area contributed by atoms with Gasteiger partial charge in [-0.15, -0.1) is 11.8 Å². The molecule has 1 aliphatic heterocycles. The minimum Gasteiger partial charge on any atom is -0.460 e. The summed E-state index contributed by atoms with van der Waals surface area (Å²) in [5, 5.41) is 1.56. The van der Waals surface area contributed by atoms with Crippen molar-refractivity contribution in [3.63, 3.8) is 0 Å². The monoisotopic (exact) mass is 467 g/mol. The third-order valence-corrected chi connectivity index (χ3v) is 7.98. The molecule has 0 N–H and O–H groups in total. The van der Waals surface area contributed by atoms with Crippen molar-refractivity contribution in [1.29, 1.82) is 0 Å². The Morgan fingerprint density at radius 1 is 0.970 bits per heavy atom. The van der Waals surface area contributed by atoms with Gasteiger partial charge in [-0.1, -0.05) is 60.7 Å². The molecule has 0 amide bonds. The van der Waals surface area contributed by atoms with Gasteiger partial charge in [0, 0.05) is 44.6 Å². The summed E-state index contributed by atoms with van der Waals surface area (Å²) in [5.74, 6) is 2.56. The van der Waals surface area contributed by atoms with E-state index in [-0.39, 0.29) is 5.28 Å². The Kier molecular flexibility index (Phi) is 4.36. The highest BCUT2D eigenvalue weighted by atomic mass is 35.5. The summed E-state index contributed by atoms with van der Waals surface area (Å²) in [5.41, 5.74) is 5.24. The molecule has 6 heteroatoms. The summed E-state index contributed by atoms with van der Waals surface area (Å²) in [6.45, 7) is 0. The zero-order valence-corrected chi connectivity index (χ0v) is 19.1. The van der Waals surface area contributed by atoms with Gasteiger partial charge in [-0.05, 0) is 35.7 Å². The van der Waals surface area contributed by atoms with Crippen LogP contribution in [0.3, 0.4) is 0 Å². The first-order valence-corrected chi connectivity index (χ1v) is 12.3. The van der Waals surface area contributed by atoms with Gasteiger partial charge in [-0.25, -0.2) is 4.98 Å². The number of allylic oxidation sites excluding steroid dienone is 4. The highest BCUT2D eigenvalue weighted by molar-refractivity contribution is 8.00. The van der Waals surface area contributed by atoms with Crippen LogP contribution in [0.5, 0.6) is 0 Å². The van der Waals surface area contributed by atoms with Crippen LogP contribution < -0.4 is 0 Å². The number of aromatic nitrogens is 3. The van der Waals surface area contributed by atoms with Crippen LogP contribution in [0.15, 0.2) is 76.1 Å². The number of halogens is 1. The van der Waals surface area contributed by atoms with Crippen LogP contribution in [0.1, 0.15) is 35.1 Å². The largest absolute Gasteiger partial charge is 0.460 e. The molecule has 0 radical (unpaired) electrons. The fraction of sp³-hybridized carbons (Fsp3) is 0.148. The Bertz CT molecular complexity index is 1530. The molecule has 160 valence electrons. The topological polar surface area (TPSA) is 51.8 Å². The lowest BCUT2D eigenvalue weighted by atomic mass is 9.90. The quantitative estimate of drug-likeness (QED) is 0.314. The fourth-order valence-corrected chi connectivity index (χ4v) is 6.53. The SMILES string of the molecule is Clc1nc(C2=CC3Sc4ccccc4C3C=C2)nc(-c2cccc3oc4c(c23)C=CCC4)n1. The van der Waals surface area contributed by atoms with Crippen LogP contribution in [0, 0.1) is 0 Å². The van der Waals surface area contributed by atoms with Crippen LogP contribution in [-0.4, -0.2) is 20.2 Å². The van der Waals surface area contributed by atoms with Crippen molar-refractivity contribution in [1.82, 2.24) is 15.0 Å². The molecular weight excluding hydrogens is 450 g/mol. The number of rotatable bonds is 2. The lowest BCUT2D eigenvalue weighted by Crippen LogP contribution is -2.10. The Morgan fingerprint density at radius 3 is 2.85 bits per heavy atom. The first-order chi connectivity index (χ1) is 16.2. The summed E-state index contributed by atoms with van der Waals surface area (Å²) >= 11 is 8.31. The summed E-state index contributed by atoms with van der Waals surface area (Å²) < 4.78 is 6.13. The van der Waals surface area contributed by atoms with Gasteiger partial charge in [0.15, 0.2) is 11.6 Å². The van der Waals surface area contributed by atoms with Gasteiger partial charge in [0.25, 0.3) is 0 Å². The third-order valence-electron chi connectivity index (χ3n) is 6.48. The molecule has 7 rings (SSSR count). The minimum absolute atomic E-state index is 0.193. The van der Waals surface area contributed by atoms with E-state index in [1.165, 1.54) is 10.5 Å². The Labute approximate surface area is 200 Å². The van der Waals surface area contributed by atoms with Crippen molar-refractivity contribution >= 4 is 46.0 Å². The molecular formula is C27H18ClN3OS. The van der Waals surface area contributed by atoms with Crippen LogP contribution in [0.4, 0.5) is 0 Å². The molecule has 3 heterocycles. The highest BCUT2D eigenvalue weighted by Crippen LogP contribution is 2.49. The summed E-state index contributed by atoms with van der Waals surface area (Å²) in [4.78, 5) is 15.2. The Balaban J connectivity index is 1.33. The van der Waals surface area contributed by atoms with E-state index in [4.69, 9.17) is 21.0 Å². The van der Waals surface area contributed by atoms with Crippen molar-refractivity contribution in [2.75, 3.05) is 0 Å². The van der Waals surface area contributed by atoms with Crippen molar-refractivity contribution < 1.29 is 4.42 Å². The average molecular weight is 468 g/mol. The second-order valence-corrected chi connectivity index (χ2v) is 10.00. The molecule has 4 nitrogen and oxygen atoms in total. The lowest BCUT2D eigenvalue weighted by molar-refractivity contribution is 0.546. The lowest BCUT2D eigenvalue weighted by Gasteiger charge is -2.18. The predicted octanol–water partition coefficient (Wildman–Crippen LogP) is 7.11. The van der Waals surface area contributed by atoms with Crippen LogP contribution in [0.2, 0.25) is 5.28 Å². The first kappa shape index (κ1) is 19.3. The zero-order chi connectivity index (χ0) is 21.9. The van der Waals surface area contributed by atoms with Crippen LogP contribution in [0.25, 0.3) is 34.0 Å². The number of fused-ring (bicyclic) bond motifs is 6. The van der Waals surface area contributed by atoms with E-state index in [9.17, 15) is 0 Å². The minimum atomic E-state index is 0.193. The maximum absolute atomic E-state index is 6.42. The van der Waals surface area contributed by atoms with E-state index < -0.39 is 0 Å². The second-order valence-electron chi connectivity index (χ2n) is 8.44. The van der Waals surface area contributed by atoms with Crippen molar-refractivity contribution in [3.8, 4) is 11.4 Å². The average Bonchev–Trinajstić information content (AvgIpc) is 3.41. The Hall–Kier alpha value is -3.15. The van der Waals surface area contributed by atoms with Gasteiger partial charge < -0.3 is 4.42 Å². The van der Waals surface area contributed by atoms with E-state index >= 15 is 0 Å². The van der Waals surface area contributed by atoms with Gasteiger partial charge >= 0.3 is 0 Å². The normalized spacial score (nSPS) is 20.5. The third kappa shape index (κ3) is 3.10. The molecule has 2 unspecified atom stereocenters. The number of hydrogen-bond acceptors (Lipinski definition) is 5. The smallest absolute Gasteiger partial charge is 0.226 e. The van der Waals surface area contributed by atoms with Gasteiger partial charge in [-0.3, -0.25) is 0 Å². The van der Waals surface area contributed by atoms with E-state index in [1.807, 2.05) is 30.0 Å². The molecule has 0 spiro atoms. The fourth-order valence-electron chi connectivity index (χ4n) is 4.98. The molecule has 33 heavy (non-hydrogen) atoms. The first-order valence-electron chi connectivity index (χ1n) is 11.0. The van der Waals surface area contributed by atoms with Gasteiger partial charge in [0.2, 0.25) is 5.28 Å². The number of nitrogens with zero attached hydrogens (tertiary/aromatic N) is 3. The molecule has 2 aliphatic carbocycles. The van der Waals surface area contributed by atoms with Crippen LogP contribution in [-0.2, 0) is 6.42 Å². The maximum atomic E-state index is 6.42. The standard InChI is InChI=1S/C27H18ClN3OS/c28-27-30-25(15-12-13-17-16-6-2-4-11-22(16)33-23(17)14-15)29-26(31-27)19-8-5-10-21-24(19)18-7-1-3-9-20(18)32-21/h1-2,4-8,10-14,17,23H,3,9H2. The molecule has 2 aromatic carbocycles. The van der Waals surface area contributed by atoms with Gasteiger partial charge in [-0.2, -0.15) is 9.97 Å². The predicted molar refractivity (Wildman–Crippen MR) is 133 cm³/mol. The van der Waals surface area contributed by atoms with Gasteiger partial charge in [0.05, 0.1) is 0 Å². The van der Waals surface area contributed by atoms with Crippen molar-refractivity contribution in [2.45, 2.75) is 28.9 Å². The van der Waals surface area contributed by atoms with Crippen molar-refractivity contribution in [2.24, 2.45) is 0 Å². The summed E-state index contributed by atoms with van der Waals surface area (Å²) in [7, 11) is 0. The maximum Gasteiger partial charge on any atom is 0.226 e. The number of thioether (sulfide) groups is 1. The molecule has 4 aromatic rings. The van der Waals surface area contributed by atoms with E-state index in [0.29, 0.717) is 22.8 Å². The number of aryl methyl sites for hydroxylation is 1. The summed E-state index contributed by atoms with van der Waals surface area (Å²) in [6.07, 6.45) is 12.9. The van der Waals surface area contributed by atoms with E-state index in [2.05, 4.69) is 64.6 Å². The molecule has 2 atom stereocenters. The van der Waals surface area contributed by atoms with Crippen molar-refractivity contribution in [3.05, 3.63) is 94.8 Å².